The number of carbonyl (C=O) groups is 1. The van der Waals surface area contributed by atoms with E-state index in [1.165, 1.54) is 24.6 Å². The molecule has 1 fully saturated rings. The second kappa shape index (κ2) is 9.72. The summed E-state index contributed by atoms with van der Waals surface area (Å²) in [5, 5.41) is 7.28. The first kappa shape index (κ1) is 22.9. The van der Waals surface area contributed by atoms with Gasteiger partial charge in [-0.05, 0) is 63.6 Å². The number of pyridine rings is 1. The third kappa shape index (κ3) is 5.58. The molecule has 0 bridgehead atoms. The number of benzene rings is 1. The first-order valence-electron chi connectivity index (χ1n) is 10.9. The van der Waals surface area contributed by atoms with Gasteiger partial charge in [-0.25, -0.2) is 20.4 Å². The summed E-state index contributed by atoms with van der Waals surface area (Å²) in [5.41, 5.74) is 7.22. The summed E-state index contributed by atoms with van der Waals surface area (Å²) in [6.07, 6.45) is 3.85. The van der Waals surface area contributed by atoms with E-state index in [2.05, 4.69) is 37.1 Å². The fourth-order valence-corrected chi connectivity index (χ4v) is 3.92. The minimum absolute atomic E-state index is 0.339. The SMILES string of the molecule is CCONC(=O)c1cnc(Nc2cc(C)nc(C)n2)cc1Nc1cc(Cl)c(C2CC2)cc1C. The van der Waals surface area contributed by atoms with Crippen LogP contribution in [0.25, 0.3) is 0 Å². The lowest BCUT2D eigenvalue weighted by atomic mass is 10.1. The van der Waals surface area contributed by atoms with Gasteiger partial charge in [-0.3, -0.25) is 9.63 Å². The van der Waals surface area contributed by atoms with E-state index in [1.54, 1.807) is 13.0 Å². The zero-order valence-corrected chi connectivity index (χ0v) is 19.9. The van der Waals surface area contributed by atoms with Crippen molar-refractivity contribution in [1.82, 2.24) is 20.4 Å². The molecular weight excluding hydrogens is 440 g/mol. The Morgan fingerprint density at radius 3 is 2.55 bits per heavy atom. The molecule has 9 heteroatoms. The Hall–Kier alpha value is -3.23. The van der Waals surface area contributed by atoms with E-state index in [0.717, 1.165) is 22.0 Å². The van der Waals surface area contributed by atoms with Crippen molar-refractivity contribution < 1.29 is 9.63 Å². The summed E-state index contributed by atoms with van der Waals surface area (Å²) in [6.45, 7) is 7.91. The Morgan fingerprint density at radius 2 is 1.85 bits per heavy atom. The summed E-state index contributed by atoms with van der Waals surface area (Å²) >= 11 is 6.56. The molecular formula is C24H27ClN6O2. The number of aromatic nitrogens is 3. The quantitative estimate of drug-likeness (QED) is 0.377. The molecule has 1 saturated carbocycles. The van der Waals surface area contributed by atoms with Crippen LogP contribution < -0.4 is 16.1 Å². The van der Waals surface area contributed by atoms with E-state index in [0.29, 0.717) is 41.2 Å². The van der Waals surface area contributed by atoms with E-state index >= 15 is 0 Å². The Bertz CT molecular complexity index is 1180. The monoisotopic (exact) mass is 466 g/mol. The van der Waals surface area contributed by atoms with Gasteiger partial charge in [-0.1, -0.05) is 17.7 Å². The zero-order valence-electron chi connectivity index (χ0n) is 19.1. The normalized spacial score (nSPS) is 13.0. The number of carbonyl (C=O) groups excluding carboxylic acids is 1. The lowest BCUT2D eigenvalue weighted by Crippen LogP contribution is -2.24. The first-order valence-corrected chi connectivity index (χ1v) is 11.3. The van der Waals surface area contributed by atoms with Gasteiger partial charge in [0.05, 0.1) is 17.9 Å². The molecule has 1 aromatic carbocycles. The van der Waals surface area contributed by atoms with Crippen molar-refractivity contribution in [2.45, 2.75) is 46.5 Å². The predicted octanol–water partition coefficient (Wildman–Crippen LogP) is 5.50. The number of amides is 1. The molecule has 0 aliphatic heterocycles. The van der Waals surface area contributed by atoms with Crippen molar-refractivity contribution in [3.63, 3.8) is 0 Å². The Balaban J connectivity index is 1.67. The van der Waals surface area contributed by atoms with Gasteiger partial charge in [-0.2, -0.15) is 0 Å². The van der Waals surface area contributed by atoms with Gasteiger partial charge in [0, 0.05) is 34.7 Å². The van der Waals surface area contributed by atoms with Crippen LogP contribution in [0.2, 0.25) is 5.02 Å². The van der Waals surface area contributed by atoms with Gasteiger partial charge in [0.1, 0.15) is 17.5 Å². The molecule has 1 aliphatic rings. The van der Waals surface area contributed by atoms with Gasteiger partial charge in [0.15, 0.2) is 0 Å². The molecule has 0 radical (unpaired) electrons. The number of rotatable bonds is 8. The molecule has 0 unspecified atom stereocenters. The summed E-state index contributed by atoms with van der Waals surface area (Å²) < 4.78 is 0. The summed E-state index contributed by atoms with van der Waals surface area (Å²) in [4.78, 5) is 30.9. The molecule has 33 heavy (non-hydrogen) atoms. The molecule has 3 aromatic rings. The summed E-state index contributed by atoms with van der Waals surface area (Å²) in [5.74, 6) is 1.96. The van der Waals surface area contributed by atoms with Gasteiger partial charge in [0.2, 0.25) is 0 Å². The van der Waals surface area contributed by atoms with Crippen LogP contribution in [0.4, 0.5) is 23.0 Å². The Kier molecular flexibility index (Phi) is 6.76. The Labute approximate surface area is 198 Å². The van der Waals surface area contributed by atoms with E-state index in [1.807, 2.05) is 32.9 Å². The standard InChI is InChI=1S/C24H27ClN6O2/c1-5-33-31-24(32)18-12-26-22(30-23-9-14(3)27-15(4)28-23)11-21(18)29-20-10-19(25)17(8-13(20)2)16-6-7-16/h8-12,16H,5-7H2,1-4H3,(H,31,32)(H2,26,27,28,29,30). The molecule has 2 heterocycles. The largest absolute Gasteiger partial charge is 0.354 e. The van der Waals surface area contributed by atoms with Crippen molar-refractivity contribution in [2.24, 2.45) is 0 Å². The van der Waals surface area contributed by atoms with E-state index in [-0.39, 0.29) is 0 Å². The van der Waals surface area contributed by atoms with Crippen LogP contribution in [0.1, 0.15) is 58.7 Å². The number of hydrogen-bond acceptors (Lipinski definition) is 7. The fourth-order valence-electron chi connectivity index (χ4n) is 3.60. The highest BCUT2D eigenvalue weighted by molar-refractivity contribution is 6.31. The molecule has 1 amide bonds. The molecule has 0 spiro atoms. The van der Waals surface area contributed by atoms with Crippen molar-refractivity contribution in [2.75, 3.05) is 17.2 Å². The fraction of sp³-hybridized carbons (Fsp3) is 0.333. The van der Waals surface area contributed by atoms with Crippen molar-refractivity contribution in [3.8, 4) is 0 Å². The highest BCUT2D eigenvalue weighted by Crippen LogP contribution is 2.45. The smallest absolute Gasteiger partial charge is 0.278 e. The van der Waals surface area contributed by atoms with E-state index in [4.69, 9.17) is 16.4 Å². The second-order valence-corrected chi connectivity index (χ2v) is 8.54. The number of anilines is 4. The molecule has 0 saturated heterocycles. The second-order valence-electron chi connectivity index (χ2n) is 8.13. The number of nitrogens with one attached hydrogen (secondary N) is 3. The maximum absolute atomic E-state index is 12.7. The van der Waals surface area contributed by atoms with Crippen molar-refractivity contribution in [1.29, 1.82) is 0 Å². The predicted molar refractivity (Wildman–Crippen MR) is 130 cm³/mol. The van der Waals surface area contributed by atoms with Gasteiger partial charge in [0.25, 0.3) is 5.91 Å². The highest BCUT2D eigenvalue weighted by atomic mass is 35.5. The van der Waals surface area contributed by atoms with Crippen LogP contribution >= 0.6 is 11.6 Å². The van der Waals surface area contributed by atoms with E-state index in [9.17, 15) is 4.79 Å². The zero-order chi connectivity index (χ0) is 23.5. The Morgan fingerprint density at radius 1 is 1.06 bits per heavy atom. The minimum atomic E-state index is -0.398. The van der Waals surface area contributed by atoms with Crippen LogP contribution in [-0.2, 0) is 4.84 Å². The minimum Gasteiger partial charge on any atom is -0.354 e. The van der Waals surface area contributed by atoms with Crippen LogP contribution in [0.3, 0.4) is 0 Å². The molecule has 0 atom stereocenters. The lowest BCUT2D eigenvalue weighted by Gasteiger charge is -2.17. The highest BCUT2D eigenvalue weighted by Gasteiger charge is 2.26. The number of aryl methyl sites for hydroxylation is 3. The molecule has 3 N–H and O–H groups in total. The van der Waals surface area contributed by atoms with E-state index < -0.39 is 5.91 Å². The average molecular weight is 467 g/mol. The molecule has 1 aliphatic carbocycles. The molecule has 4 rings (SSSR count). The van der Waals surface area contributed by atoms with Crippen LogP contribution in [-0.4, -0.2) is 27.5 Å². The van der Waals surface area contributed by atoms with Gasteiger partial charge >= 0.3 is 0 Å². The summed E-state index contributed by atoms with van der Waals surface area (Å²) in [6, 6.07) is 7.63. The van der Waals surface area contributed by atoms with Crippen LogP contribution in [0.5, 0.6) is 0 Å². The number of hydroxylamine groups is 1. The molecule has 172 valence electrons. The maximum Gasteiger partial charge on any atom is 0.278 e. The number of halogens is 1. The molecule has 2 aromatic heterocycles. The third-order valence-corrected chi connectivity index (χ3v) is 5.64. The van der Waals surface area contributed by atoms with Crippen molar-refractivity contribution in [3.05, 3.63) is 63.7 Å². The first-order chi connectivity index (χ1) is 15.8. The third-order valence-electron chi connectivity index (χ3n) is 5.31. The molecule has 8 nitrogen and oxygen atoms in total. The lowest BCUT2D eigenvalue weighted by molar-refractivity contribution is 0.0365. The topological polar surface area (TPSA) is 101 Å². The van der Waals surface area contributed by atoms with Crippen LogP contribution in [0.15, 0.2) is 30.5 Å². The van der Waals surface area contributed by atoms with Gasteiger partial charge < -0.3 is 10.6 Å². The van der Waals surface area contributed by atoms with Crippen molar-refractivity contribution >= 4 is 40.5 Å². The number of nitrogens with zero attached hydrogens (tertiary/aromatic N) is 3. The van der Waals surface area contributed by atoms with Gasteiger partial charge in [-0.15, -0.1) is 0 Å². The summed E-state index contributed by atoms with van der Waals surface area (Å²) in [7, 11) is 0. The average Bonchev–Trinajstić information content (AvgIpc) is 3.59. The maximum atomic E-state index is 12.7. The number of hydrogen-bond donors (Lipinski definition) is 3. The van der Waals surface area contributed by atoms with Crippen LogP contribution in [0, 0.1) is 20.8 Å².